The smallest absolute Gasteiger partial charge is 0.223 e. The Bertz CT molecular complexity index is 728. The number of carbonyl (C=O) groups excluding carboxylic acids is 1. The number of hydrogen-bond acceptors (Lipinski definition) is 4. The first kappa shape index (κ1) is 18.7. The van der Waals surface area contributed by atoms with Gasteiger partial charge in [-0.2, -0.15) is 5.06 Å². The molecule has 0 bridgehead atoms. The third-order valence-electron chi connectivity index (χ3n) is 5.99. The van der Waals surface area contributed by atoms with Crippen LogP contribution in [0.5, 0.6) is 0 Å². The molecular weight excluding hydrogens is 356 g/mol. The lowest BCUT2D eigenvalue weighted by Gasteiger charge is -2.33. The van der Waals surface area contributed by atoms with Gasteiger partial charge in [0.15, 0.2) is 0 Å². The second kappa shape index (κ2) is 8.55. The Morgan fingerprint density at radius 2 is 1.85 bits per heavy atom. The zero-order valence-corrected chi connectivity index (χ0v) is 16.8. The van der Waals surface area contributed by atoms with Gasteiger partial charge in [0.25, 0.3) is 0 Å². The van der Waals surface area contributed by atoms with Gasteiger partial charge >= 0.3 is 0 Å². The van der Waals surface area contributed by atoms with Gasteiger partial charge < -0.3 is 9.74 Å². The monoisotopic (exact) mass is 384 g/mol. The van der Waals surface area contributed by atoms with Crippen molar-refractivity contribution < 1.29 is 9.63 Å². The third-order valence-corrected chi connectivity index (χ3v) is 6.85. The minimum absolute atomic E-state index is 0.288. The fourth-order valence-electron chi connectivity index (χ4n) is 4.41. The first-order valence-corrected chi connectivity index (χ1v) is 10.8. The molecule has 0 atom stereocenters. The number of hydrogen-bond donors (Lipinski definition) is 0. The van der Waals surface area contributed by atoms with E-state index in [4.69, 9.17) is 4.84 Å². The van der Waals surface area contributed by atoms with Crippen molar-refractivity contribution in [1.29, 1.82) is 0 Å². The first-order valence-electron chi connectivity index (χ1n) is 9.90. The van der Waals surface area contributed by atoms with Crippen LogP contribution >= 0.6 is 11.3 Å². The lowest BCUT2D eigenvalue weighted by Crippen LogP contribution is -2.42. The summed E-state index contributed by atoms with van der Waals surface area (Å²) >= 11 is 1.74. The minimum Gasteiger partial charge on any atom is -0.334 e. The second-order valence-corrected chi connectivity index (χ2v) is 8.72. The molecule has 1 aliphatic heterocycles. The van der Waals surface area contributed by atoms with E-state index >= 15 is 0 Å². The molecule has 2 heterocycles. The largest absolute Gasteiger partial charge is 0.334 e. The highest BCUT2D eigenvalue weighted by atomic mass is 32.1. The number of rotatable bonds is 6. The molecule has 1 amide bonds. The molecule has 1 fully saturated rings. The number of carbonyl (C=O) groups is 1. The number of hydroxylamine groups is 2. The van der Waals surface area contributed by atoms with Gasteiger partial charge in [-0.3, -0.25) is 4.79 Å². The molecule has 1 aromatic heterocycles. The lowest BCUT2D eigenvalue weighted by atomic mass is 9.93. The van der Waals surface area contributed by atoms with E-state index in [1.807, 2.05) is 5.06 Å². The predicted octanol–water partition coefficient (Wildman–Crippen LogP) is 3.91. The van der Waals surface area contributed by atoms with Crippen LogP contribution in [0.1, 0.15) is 35.3 Å². The normalized spacial score (nSPS) is 18.6. The number of fused-ring (bicyclic) bond motifs is 1. The van der Waals surface area contributed by atoms with E-state index in [-0.39, 0.29) is 6.04 Å². The third kappa shape index (κ3) is 4.42. The van der Waals surface area contributed by atoms with Gasteiger partial charge in [0, 0.05) is 30.4 Å². The fourth-order valence-corrected chi connectivity index (χ4v) is 5.11. The summed E-state index contributed by atoms with van der Waals surface area (Å²) in [6.45, 7) is 2.59. The zero-order chi connectivity index (χ0) is 18.6. The number of benzene rings is 1. The maximum Gasteiger partial charge on any atom is 0.223 e. The molecule has 2 aliphatic rings. The topological polar surface area (TPSA) is 32.8 Å². The minimum atomic E-state index is 0.288. The van der Waals surface area contributed by atoms with Crippen LogP contribution in [0.3, 0.4) is 0 Å². The van der Waals surface area contributed by atoms with Crippen molar-refractivity contribution in [3.05, 3.63) is 57.8 Å². The second-order valence-electron chi connectivity index (χ2n) is 7.69. The Morgan fingerprint density at radius 3 is 2.44 bits per heavy atom. The molecule has 0 radical (unpaired) electrons. The highest BCUT2D eigenvalue weighted by Gasteiger charge is 2.32. The molecule has 0 spiro atoms. The van der Waals surface area contributed by atoms with Crippen molar-refractivity contribution >= 4 is 17.2 Å². The van der Waals surface area contributed by atoms with E-state index in [2.05, 4.69) is 46.7 Å². The quantitative estimate of drug-likeness (QED) is 0.757. The van der Waals surface area contributed by atoms with E-state index in [0.717, 1.165) is 45.3 Å². The molecule has 144 valence electrons. The number of amides is 1. The summed E-state index contributed by atoms with van der Waals surface area (Å²) < 4.78 is 0. The van der Waals surface area contributed by atoms with E-state index in [0.29, 0.717) is 18.2 Å². The Morgan fingerprint density at radius 1 is 1.15 bits per heavy atom. The van der Waals surface area contributed by atoms with Gasteiger partial charge in [0.1, 0.15) is 0 Å². The Labute approximate surface area is 165 Å². The Kier molecular flexibility index (Phi) is 5.91. The van der Waals surface area contributed by atoms with Gasteiger partial charge in [-0.25, -0.2) is 0 Å². The van der Waals surface area contributed by atoms with E-state index in [1.165, 1.54) is 16.0 Å². The zero-order valence-electron chi connectivity index (χ0n) is 16.0. The summed E-state index contributed by atoms with van der Waals surface area (Å²) in [5.41, 5.74) is 2.81. The van der Waals surface area contributed by atoms with Gasteiger partial charge in [-0.15, -0.1) is 11.3 Å². The molecule has 1 aliphatic carbocycles. The molecule has 0 saturated carbocycles. The number of thiophene rings is 1. The van der Waals surface area contributed by atoms with Gasteiger partial charge in [0.2, 0.25) is 5.91 Å². The van der Waals surface area contributed by atoms with Crippen molar-refractivity contribution in [3.8, 4) is 0 Å². The molecule has 2 aromatic rings. The average Bonchev–Trinajstić information content (AvgIpc) is 3.35. The van der Waals surface area contributed by atoms with Crippen LogP contribution in [0.2, 0.25) is 0 Å². The molecular formula is C22H28N2O2S. The highest BCUT2D eigenvalue weighted by molar-refractivity contribution is 7.09. The van der Waals surface area contributed by atoms with E-state index in [1.54, 1.807) is 18.4 Å². The lowest BCUT2D eigenvalue weighted by molar-refractivity contribution is -0.152. The molecule has 27 heavy (non-hydrogen) atoms. The van der Waals surface area contributed by atoms with Crippen LogP contribution < -0.4 is 0 Å². The fraction of sp³-hybridized carbons (Fsp3) is 0.500. The summed E-state index contributed by atoms with van der Waals surface area (Å²) in [6, 6.07) is 13.1. The maximum atomic E-state index is 13.3. The van der Waals surface area contributed by atoms with Gasteiger partial charge in [-0.05, 0) is 54.2 Å². The van der Waals surface area contributed by atoms with Crippen LogP contribution in [0, 0.1) is 5.92 Å². The molecule has 4 rings (SSSR count). The SMILES string of the molecule is CON1CCC(CC(=O)N(Cc2cccs2)C2Cc3ccccc3C2)CC1. The summed E-state index contributed by atoms with van der Waals surface area (Å²) in [5, 5.41) is 4.10. The van der Waals surface area contributed by atoms with Crippen molar-refractivity contribution in [2.24, 2.45) is 5.92 Å². The first-order chi connectivity index (χ1) is 13.2. The van der Waals surface area contributed by atoms with Gasteiger partial charge in [0.05, 0.1) is 13.7 Å². The van der Waals surface area contributed by atoms with Crippen LogP contribution in [0.4, 0.5) is 0 Å². The standard InChI is InChI=1S/C22H28N2O2S/c1-26-23-10-8-17(9-11-23)13-22(25)24(16-21-7-4-12-27-21)20-14-18-5-2-3-6-19(18)15-20/h2-7,12,17,20H,8-11,13-16H2,1H3. The van der Waals surface area contributed by atoms with Gasteiger partial charge in [-0.1, -0.05) is 30.3 Å². The molecule has 1 saturated heterocycles. The molecule has 0 N–H and O–H groups in total. The van der Waals surface area contributed by atoms with Crippen molar-refractivity contribution in [2.75, 3.05) is 20.2 Å². The van der Waals surface area contributed by atoms with E-state index < -0.39 is 0 Å². The molecule has 1 aromatic carbocycles. The predicted molar refractivity (Wildman–Crippen MR) is 108 cm³/mol. The Balaban J connectivity index is 1.44. The van der Waals surface area contributed by atoms with Crippen LogP contribution in [-0.2, 0) is 29.0 Å². The van der Waals surface area contributed by atoms with Crippen LogP contribution in [0.25, 0.3) is 0 Å². The number of piperidine rings is 1. The maximum absolute atomic E-state index is 13.3. The van der Waals surface area contributed by atoms with Crippen molar-refractivity contribution in [1.82, 2.24) is 9.96 Å². The molecule has 0 unspecified atom stereocenters. The molecule has 5 heteroatoms. The summed E-state index contributed by atoms with van der Waals surface area (Å²) in [6.07, 6.45) is 4.70. The average molecular weight is 385 g/mol. The van der Waals surface area contributed by atoms with Crippen molar-refractivity contribution in [3.63, 3.8) is 0 Å². The highest BCUT2D eigenvalue weighted by Crippen LogP contribution is 2.29. The summed E-state index contributed by atoms with van der Waals surface area (Å²) in [5.74, 6) is 0.788. The summed E-state index contributed by atoms with van der Waals surface area (Å²) in [7, 11) is 1.73. The van der Waals surface area contributed by atoms with Crippen molar-refractivity contribution in [2.45, 2.75) is 44.7 Å². The van der Waals surface area contributed by atoms with E-state index in [9.17, 15) is 4.79 Å². The van der Waals surface area contributed by atoms with Crippen LogP contribution in [0.15, 0.2) is 41.8 Å². The number of nitrogens with zero attached hydrogens (tertiary/aromatic N) is 2. The van der Waals surface area contributed by atoms with Crippen LogP contribution in [-0.4, -0.2) is 42.1 Å². The molecule has 4 nitrogen and oxygen atoms in total. The Hall–Kier alpha value is -1.69. The summed E-state index contributed by atoms with van der Waals surface area (Å²) in [4.78, 5) is 22.1.